The highest BCUT2D eigenvalue weighted by atomic mass is 35.5. The number of anilines is 2. The van der Waals surface area contributed by atoms with Gasteiger partial charge >= 0.3 is 0 Å². The molecule has 0 atom stereocenters. The summed E-state index contributed by atoms with van der Waals surface area (Å²) in [6, 6.07) is 26.4. The molecule has 0 radical (unpaired) electrons. The fourth-order valence-electron chi connectivity index (χ4n) is 4.30. The van der Waals surface area contributed by atoms with E-state index < -0.39 is 0 Å². The summed E-state index contributed by atoms with van der Waals surface area (Å²) < 4.78 is 0. The highest BCUT2D eigenvalue weighted by molar-refractivity contribution is 6.37. The highest BCUT2D eigenvalue weighted by Gasteiger charge is 2.22. The first-order chi connectivity index (χ1) is 17.0. The lowest BCUT2D eigenvalue weighted by Gasteiger charge is -2.36. The zero-order valence-corrected chi connectivity index (χ0v) is 20.4. The molecule has 1 fully saturated rings. The second kappa shape index (κ2) is 9.98. The van der Waals surface area contributed by atoms with Gasteiger partial charge in [-0.15, -0.1) is 0 Å². The molecule has 0 saturated carbocycles. The normalized spacial score (nSPS) is 13.7. The summed E-state index contributed by atoms with van der Waals surface area (Å²) in [4.78, 5) is 29.7. The van der Waals surface area contributed by atoms with Crippen molar-refractivity contribution in [3.05, 3.63) is 106 Å². The minimum atomic E-state index is -0.291. The second-order valence-corrected chi connectivity index (χ2v) is 9.31. The maximum absolute atomic E-state index is 13.0. The lowest BCUT2D eigenvalue weighted by atomic mass is 10.1. The molecule has 7 heteroatoms. The molecule has 0 unspecified atom stereocenters. The summed E-state index contributed by atoms with van der Waals surface area (Å²) in [5.74, 6) is -0.227. The molecule has 0 aromatic heterocycles. The first-order valence-corrected chi connectivity index (χ1v) is 12.1. The Bertz CT molecular complexity index is 1400. The monoisotopic (exact) mass is 503 g/mol. The van der Waals surface area contributed by atoms with Gasteiger partial charge < -0.3 is 15.1 Å². The largest absolute Gasteiger partial charge is 0.368 e. The van der Waals surface area contributed by atoms with Gasteiger partial charge in [0.15, 0.2) is 0 Å². The van der Waals surface area contributed by atoms with Gasteiger partial charge in [0, 0.05) is 48.1 Å². The van der Waals surface area contributed by atoms with Gasteiger partial charge in [-0.25, -0.2) is 0 Å². The van der Waals surface area contributed by atoms with Crippen LogP contribution in [0.3, 0.4) is 0 Å². The molecule has 2 amide bonds. The van der Waals surface area contributed by atoms with Gasteiger partial charge in [0.05, 0.1) is 10.6 Å². The number of halogens is 2. The number of fused-ring (bicyclic) bond motifs is 1. The van der Waals surface area contributed by atoms with E-state index in [-0.39, 0.29) is 11.8 Å². The van der Waals surface area contributed by atoms with E-state index in [9.17, 15) is 9.59 Å². The minimum Gasteiger partial charge on any atom is -0.368 e. The molecule has 0 spiro atoms. The van der Waals surface area contributed by atoms with E-state index in [2.05, 4.69) is 10.2 Å². The van der Waals surface area contributed by atoms with Gasteiger partial charge in [0.2, 0.25) is 0 Å². The van der Waals surface area contributed by atoms with Crippen LogP contribution in [0.25, 0.3) is 10.8 Å². The van der Waals surface area contributed by atoms with Gasteiger partial charge in [-0.3, -0.25) is 9.59 Å². The summed E-state index contributed by atoms with van der Waals surface area (Å²) in [5, 5.41) is 5.85. The number of rotatable bonds is 4. The topological polar surface area (TPSA) is 52.7 Å². The van der Waals surface area contributed by atoms with Crippen molar-refractivity contribution in [2.24, 2.45) is 0 Å². The predicted octanol–water partition coefficient (Wildman–Crippen LogP) is 6.36. The number of amides is 2. The van der Waals surface area contributed by atoms with Crippen LogP contribution < -0.4 is 10.2 Å². The maximum atomic E-state index is 13.0. The Balaban J connectivity index is 1.19. The SMILES string of the molecule is O=C(Nc1ccc(N2CCN(C(=O)c3ccc4ccccc4c3)CC2)cc1)c1ccc(Cl)cc1Cl. The van der Waals surface area contributed by atoms with Gasteiger partial charge in [-0.1, -0.05) is 53.5 Å². The molecular weight excluding hydrogens is 481 g/mol. The molecule has 0 bridgehead atoms. The molecule has 4 aromatic rings. The first kappa shape index (κ1) is 23.2. The summed E-state index contributed by atoms with van der Waals surface area (Å²) in [7, 11) is 0. The van der Waals surface area contributed by atoms with Crippen molar-refractivity contribution in [1.29, 1.82) is 0 Å². The molecule has 1 aliphatic rings. The van der Waals surface area contributed by atoms with E-state index >= 15 is 0 Å². The number of hydrogen-bond donors (Lipinski definition) is 1. The Labute approximate surface area is 213 Å². The number of nitrogens with one attached hydrogen (secondary N) is 1. The number of carbonyl (C=O) groups is 2. The molecule has 4 aromatic carbocycles. The summed E-state index contributed by atoms with van der Waals surface area (Å²) in [5.41, 5.74) is 2.81. The van der Waals surface area contributed by atoms with E-state index in [1.807, 2.05) is 71.6 Å². The molecule has 176 valence electrons. The zero-order chi connectivity index (χ0) is 24.4. The Morgan fingerprint density at radius 2 is 1.46 bits per heavy atom. The van der Waals surface area contributed by atoms with Gasteiger partial charge in [0.1, 0.15) is 0 Å². The maximum Gasteiger partial charge on any atom is 0.257 e. The number of carbonyl (C=O) groups excluding carboxylic acids is 2. The smallest absolute Gasteiger partial charge is 0.257 e. The molecule has 1 aliphatic heterocycles. The van der Waals surface area contributed by atoms with Crippen molar-refractivity contribution in [3.8, 4) is 0 Å². The van der Waals surface area contributed by atoms with Crippen molar-refractivity contribution in [2.45, 2.75) is 0 Å². The van der Waals surface area contributed by atoms with E-state index in [0.717, 1.165) is 35.1 Å². The predicted molar refractivity (Wildman–Crippen MR) is 143 cm³/mol. The third-order valence-corrected chi connectivity index (χ3v) is 6.78. The average Bonchev–Trinajstić information content (AvgIpc) is 2.88. The molecule has 35 heavy (non-hydrogen) atoms. The van der Waals surface area contributed by atoms with Crippen molar-refractivity contribution in [3.63, 3.8) is 0 Å². The van der Waals surface area contributed by atoms with Gasteiger partial charge in [-0.2, -0.15) is 0 Å². The molecule has 0 aliphatic carbocycles. The summed E-state index contributed by atoms with van der Waals surface area (Å²) in [6.07, 6.45) is 0. The molecule has 5 rings (SSSR count). The number of hydrogen-bond acceptors (Lipinski definition) is 3. The van der Waals surface area contributed by atoms with Crippen LogP contribution in [-0.4, -0.2) is 42.9 Å². The van der Waals surface area contributed by atoms with Crippen molar-refractivity contribution >= 4 is 57.2 Å². The Hall–Kier alpha value is -3.54. The van der Waals surface area contributed by atoms with Crippen LogP contribution in [0.2, 0.25) is 10.0 Å². The van der Waals surface area contributed by atoms with E-state index in [1.165, 1.54) is 0 Å². The van der Waals surface area contributed by atoms with Crippen LogP contribution in [0.1, 0.15) is 20.7 Å². The molecule has 5 nitrogen and oxygen atoms in total. The van der Waals surface area contributed by atoms with Crippen LogP contribution in [0.4, 0.5) is 11.4 Å². The highest BCUT2D eigenvalue weighted by Crippen LogP contribution is 2.24. The zero-order valence-electron chi connectivity index (χ0n) is 18.9. The van der Waals surface area contributed by atoms with E-state index in [1.54, 1.807) is 18.2 Å². The molecule has 1 heterocycles. The molecular formula is C28H23Cl2N3O2. The van der Waals surface area contributed by atoms with Crippen molar-refractivity contribution in [1.82, 2.24) is 4.90 Å². The van der Waals surface area contributed by atoms with Crippen LogP contribution in [0.5, 0.6) is 0 Å². The Morgan fingerprint density at radius 3 is 2.17 bits per heavy atom. The van der Waals surface area contributed by atoms with Crippen LogP contribution >= 0.6 is 23.2 Å². The summed E-state index contributed by atoms with van der Waals surface area (Å²) in [6.45, 7) is 2.79. The third kappa shape index (κ3) is 5.11. The van der Waals surface area contributed by atoms with Gasteiger partial charge in [0.25, 0.3) is 11.8 Å². The lowest BCUT2D eigenvalue weighted by Crippen LogP contribution is -2.48. The third-order valence-electron chi connectivity index (χ3n) is 6.23. The lowest BCUT2D eigenvalue weighted by molar-refractivity contribution is 0.0746. The minimum absolute atomic E-state index is 0.0642. The summed E-state index contributed by atoms with van der Waals surface area (Å²) >= 11 is 12.0. The van der Waals surface area contributed by atoms with E-state index in [4.69, 9.17) is 23.2 Å². The fraction of sp³-hybridized carbons (Fsp3) is 0.143. The molecule has 1 N–H and O–H groups in total. The van der Waals surface area contributed by atoms with Crippen molar-refractivity contribution in [2.75, 3.05) is 36.4 Å². The van der Waals surface area contributed by atoms with Crippen LogP contribution in [0, 0.1) is 0 Å². The van der Waals surface area contributed by atoms with Gasteiger partial charge in [-0.05, 0) is 65.4 Å². The van der Waals surface area contributed by atoms with Crippen LogP contribution in [0.15, 0.2) is 84.9 Å². The second-order valence-electron chi connectivity index (χ2n) is 8.47. The number of benzene rings is 4. The average molecular weight is 504 g/mol. The fourth-order valence-corrected chi connectivity index (χ4v) is 4.79. The Morgan fingerprint density at radius 1 is 0.743 bits per heavy atom. The number of nitrogens with zero attached hydrogens (tertiary/aromatic N) is 2. The molecule has 1 saturated heterocycles. The van der Waals surface area contributed by atoms with Crippen LogP contribution in [-0.2, 0) is 0 Å². The first-order valence-electron chi connectivity index (χ1n) is 11.4. The quantitative estimate of drug-likeness (QED) is 0.352. The Kier molecular flexibility index (Phi) is 6.62. The van der Waals surface area contributed by atoms with Crippen molar-refractivity contribution < 1.29 is 9.59 Å². The number of piperazine rings is 1. The standard InChI is InChI=1S/C28H23Cl2N3O2/c29-22-7-12-25(26(30)18-22)27(34)31-23-8-10-24(11-9-23)32-13-15-33(16-14-32)28(35)21-6-5-19-3-1-2-4-20(19)17-21/h1-12,17-18H,13-16H2,(H,31,34). The van der Waals surface area contributed by atoms with E-state index in [0.29, 0.717) is 34.4 Å².